The lowest BCUT2D eigenvalue weighted by molar-refractivity contribution is 0.338. The number of halogens is 1. The van der Waals surface area contributed by atoms with E-state index in [1.54, 1.807) is 11.8 Å². The Morgan fingerprint density at radius 3 is 2.65 bits per heavy atom. The van der Waals surface area contributed by atoms with Crippen LogP contribution in [0.3, 0.4) is 0 Å². The molecule has 2 aromatic rings. The molecule has 0 spiro atoms. The molecule has 20 heavy (non-hydrogen) atoms. The van der Waals surface area contributed by atoms with E-state index in [1.165, 1.54) is 4.90 Å². The topological polar surface area (TPSA) is 35.2 Å². The summed E-state index contributed by atoms with van der Waals surface area (Å²) in [6.07, 6.45) is 0. The molecule has 0 aliphatic carbocycles. The summed E-state index contributed by atoms with van der Waals surface area (Å²) < 4.78 is 6.88. The monoisotopic (exact) mass is 351 g/mol. The molecule has 0 amide bonds. The Morgan fingerprint density at radius 2 is 1.95 bits per heavy atom. The third-order valence-electron chi connectivity index (χ3n) is 2.82. The minimum absolute atomic E-state index is 0.0377. The molecule has 2 aromatic carbocycles. The minimum atomic E-state index is -0.0377. The van der Waals surface area contributed by atoms with E-state index in [9.17, 15) is 0 Å². The van der Waals surface area contributed by atoms with Crippen LogP contribution in [-0.4, -0.2) is 12.4 Å². The van der Waals surface area contributed by atoms with Gasteiger partial charge in [-0.05, 0) is 37.3 Å². The van der Waals surface area contributed by atoms with Gasteiger partial charge in [0.15, 0.2) is 0 Å². The Bertz CT molecular complexity index is 545. The Morgan fingerprint density at radius 1 is 1.20 bits per heavy atom. The zero-order valence-corrected chi connectivity index (χ0v) is 13.8. The maximum Gasteiger partial charge on any atom is 0.124 e. The van der Waals surface area contributed by atoms with Crippen molar-refractivity contribution in [2.75, 3.05) is 12.4 Å². The minimum Gasteiger partial charge on any atom is -0.492 e. The molecule has 0 aliphatic rings. The van der Waals surface area contributed by atoms with Gasteiger partial charge in [0.1, 0.15) is 5.75 Å². The van der Waals surface area contributed by atoms with E-state index in [0.717, 1.165) is 21.5 Å². The van der Waals surface area contributed by atoms with Crippen molar-refractivity contribution in [2.45, 2.75) is 17.9 Å². The summed E-state index contributed by atoms with van der Waals surface area (Å²) >= 11 is 5.25. The van der Waals surface area contributed by atoms with Crippen molar-refractivity contribution in [3.8, 4) is 5.75 Å². The highest BCUT2D eigenvalue weighted by atomic mass is 79.9. The fourth-order valence-corrected chi connectivity index (χ4v) is 2.97. The lowest BCUT2D eigenvalue weighted by atomic mass is 10.1. The van der Waals surface area contributed by atoms with Gasteiger partial charge in [-0.2, -0.15) is 0 Å². The van der Waals surface area contributed by atoms with Gasteiger partial charge in [0.05, 0.1) is 6.61 Å². The van der Waals surface area contributed by atoms with E-state index in [4.69, 9.17) is 10.5 Å². The number of ether oxygens (including phenoxy) is 1. The summed E-state index contributed by atoms with van der Waals surface area (Å²) in [6, 6.07) is 16.3. The molecule has 0 heterocycles. The van der Waals surface area contributed by atoms with E-state index in [-0.39, 0.29) is 6.04 Å². The molecule has 2 nitrogen and oxygen atoms in total. The first kappa shape index (κ1) is 15.4. The van der Waals surface area contributed by atoms with Crippen molar-refractivity contribution >= 4 is 27.7 Å². The van der Waals surface area contributed by atoms with Gasteiger partial charge in [-0.1, -0.05) is 34.1 Å². The summed E-state index contributed by atoms with van der Waals surface area (Å²) in [4.78, 5) is 1.26. The highest BCUT2D eigenvalue weighted by Gasteiger charge is 2.08. The van der Waals surface area contributed by atoms with E-state index in [0.29, 0.717) is 6.61 Å². The number of thioether (sulfide) groups is 1. The van der Waals surface area contributed by atoms with E-state index in [2.05, 4.69) is 28.1 Å². The SMILES string of the molecule is C[C@@H](N)c1cc(Br)ccc1OCCSc1ccccc1. The molecule has 0 radical (unpaired) electrons. The molecule has 2 rings (SSSR count). The van der Waals surface area contributed by atoms with Gasteiger partial charge in [0.25, 0.3) is 0 Å². The molecular weight excluding hydrogens is 334 g/mol. The second kappa shape index (κ2) is 7.72. The normalized spacial score (nSPS) is 12.2. The van der Waals surface area contributed by atoms with Crippen LogP contribution < -0.4 is 10.5 Å². The van der Waals surface area contributed by atoms with Crippen LogP contribution in [0.15, 0.2) is 57.9 Å². The summed E-state index contributed by atoms with van der Waals surface area (Å²) in [5, 5.41) is 0. The fourth-order valence-electron chi connectivity index (χ4n) is 1.83. The largest absolute Gasteiger partial charge is 0.492 e. The number of hydrogen-bond donors (Lipinski definition) is 1. The Kier molecular flexibility index (Phi) is 5.95. The van der Waals surface area contributed by atoms with Crippen LogP contribution in [0.25, 0.3) is 0 Å². The molecule has 0 aromatic heterocycles. The highest BCUT2D eigenvalue weighted by Crippen LogP contribution is 2.27. The van der Waals surface area contributed by atoms with Gasteiger partial charge in [-0.25, -0.2) is 0 Å². The molecule has 106 valence electrons. The molecule has 0 bridgehead atoms. The van der Waals surface area contributed by atoms with Gasteiger partial charge < -0.3 is 10.5 Å². The quantitative estimate of drug-likeness (QED) is 0.608. The van der Waals surface area contributed by atoms with Crippen LogP contribution in [0, 0.1) is 0 Å². The second-order valence-electron chi connectivity index (χ2n) is 4.48. The third kappa shape index (κ3) is 4.54. The molecule has 0 aliphatic heterocycles. The van der Waals surface area contributed by atoms with E-state index in [1.807, 2.05) is 43.3 Å². The van der Waals surface area contributed by atoms with Gasteiger partial charge in [-0.3, -0.25) is 0 Å². The molecule has 2 N–H and O–H groups in total. The van der Waals surface area contributed by atoms with Crippen molar-refractivity contribution in [2.24, 2.45) is 5.73 Å². The summed E-state index contributed by atoms with van der Waals surface area (Å²) in [5.74, 6) is 1.79. The zero-order chi connectivity index (χ0) is 14.4. The van der Waals surface area contributed by atoms with Crippen LogP contribution >= 0.6 is 27.7 Å². The van der Waals surface area contributed by atoms with Crippen molar-refractivity contribution in [1.29, 1.82) is 0 Å². The first-order valence-electron chi connectivity index (χ1n) is 6.52. The predicted molar refractivity (Wildman–Crippen MR) is 89.4 cm³/mol. The second-order valence-corrected chi connectivity index (χ2v) is 6.56. The summed E-state index contributed by atoms with van der Waals surface area (Å²) in [6.45, 7) is 2.63. The van der Waals surface area contributed by atoms with Crippen LogP contribution in [0.4, 0.5) is 0 Å². The number of rotatable bonds is 6. The number of benzene rings is 2. The fraction of sp³-hybridized carbons (Fsp3) is 0.250. The smallest absolute Gasteiger partial charge is 0.124 e. The van der Waals surface area contributed by atoms with Crippen molar-refractivity contribution in [3.05, 3.63) is 58.6 Å². The molecule has 1 atom stereocenters. The van der Waals surface area contributed by atoms with Crippen molar-refractivity contribution in [1.82, 2.24) is 0 Å². The number of hydrogen-bond acceptors (Lipinski definition) is 3. The van der Waals surface area contributed by atoms with Crippen LogP contribution in [0.2, 0.25) is 0 Å². The van der Waals surface area contributed by atoms with E-state index < -0.39 is 0 Å². The van der Waals surface area contributed by atoms with Crippen LogP contribution in [0.5, 0.6) is 5.75 Å². The molecule has 4 heteroatoms. The number of nitrogens with two attached hydrogens (primary N) is 1. The van der Waals surface area contributed by atoms with Crippen molar-refractivity contribution in [3.63, 3.8) is 0 Å². The van der Waals surface area contributed by atoms with Gasteiger partial charge in [0, 0.05) is 26.7 Å². The standard InChI is InChI=1S/C16H18BrNOS/c1-12(18)15-11-13(17)7-8-16(15)19-9-10-20-14-5-3-2-4-6-14/h2-8,11-12H,9-10,18H2,1H3/t12-/m1/s1. The first-order chi connectivity index (χ1) is 9.66. The van der Waals surface area contributed by atoms with Crippen LogP contribution in [-0.2, 0) is 0 Å². The highest BCUT2D eigenvalue weighted by molar-refractivity contribution is 9.10. The molecule has 0 saturated carbocycles. The lowest BCUT2D eigenvalue weighted by Gasteiger charge is -2.14. The molecule has 0 unspecified atom stereocenters. The maximum absolute atomic E-state index is 5.97. The Balaban J connectivity index is 1.88. The molecule has 0 fully saturated rings. The summed E-state index contributed by atoms with van der Waals surface area (Å²) in [5.41, 5.74) is 7.00. The lowest BCUT2D eigenvalue weighted by Crippen LogP contribution is -2.09. The van der Waals surface area contributed by atoms with Gasteiger partial charge >= 0.3 is 0 Å². The maximum atomic E-state index is 5.97. The molecule has 0 saturated heterocycles. The third-order valence-corrected chi connectivity index (χ3v) is 4.28. The van der Waals surface area contributed by atoms with Gasteiger partial charge in [-0.15, -0.1) is 11.8 Å². The van der Waals surface area contributed by atoms with Crippen LogP contribution in [0.1, 0.15) is 18.5 Å². The average molecular weight is 352 g/mol. The summed E-state index contributed by atoms with van der Waals surface area (Å²) in [7, 11) is 0. The van der Waals surface area contributed by atoms with Gasteiger partial charge in [0.2, 0.25) is 0 Å². The zero-order valence-electron chi connectivity index (χ0n) is 11.4. The predicted octanol–water partition coefficient (Wildman–Crippen LogP) is 4.64. The van der Waals surface area contributed by atoms with Crippen molar-refractivity contribution < 1.29 is 4.74 Å². The Hall–Kier alpha value is -0.970. The first-order valence-corrected chi connectivity index (χ1v) is 8.30. The van der Waals surface area contributed by atoms with E-state index >= 15 is 0 Å². The Labute approximate surface area is 132 Å². The molecular formula is C16H18BrNOS. The average Bonchev–Trinajstić information content (AvgIpc) is 2.45.